The second kappa shape index (κ2) is 8.49. The lowest BCUT2D eigenvalue weighted by molar-refractivity contribution is 0.139. The van der Waals surface area contributed by atoms with Gasteiger partial charge in [0.05, 0.1) is 0 Å². The van der Waals surface area contributed by atoms with Crippen molar-refractivity contribution in [1.29, 1.82) is 0 Å². The highest BCUT2D eigenvalue weighted by Gasteiger charge is 2.28. The van der Waals surface area contributed by atoms with Gasteiger partial charge in [-0.05, 0) is 38.9 Å². The van der Waals surface area contributed by atoms with Gasteiger partial charge in [0.25, 0.3) is 0 Å². The number of oxazole rings is 1. The number of nitrogens with zero attached hydrogens (tertiary/aromatic N) is 4. The third-order valence-electron chi connectivity index (χ3n) is 5.94. The summed E-state index contributed by atoms with van der Waals surface area (Å²) < 4.78 is 5.92. The minimum atomic E-state index is 0.0534. The quantitative estimate of drug-likeness (QED) is 0.875. The van der Waals surface area contributed by atoms with Crippen molar-refractivity contribution in [2.24, 2.45) is 0 Å². The monoisotopic (exact) mass is 385 g/mol. The zero-order valence-corrected chi connectivity index (χ0v) is 16.9. The van der Waals surface area contributed by atoms with Crippen LogP contribution in [0.4, 0.5) is 4.79 Å². The largest absolute Gasteiger partial charge is 0.440 e. The van der Waals surface area contributed by atoms with Crippen LogP contribution in [0.15, 0.2) is 28.7 Å². The summed E-state index contributed by atoms with van der Waals surface area (Å²) in [6.45, 7) is 8.86. The van der Waals surface area contributed by atoms with Crippen LogP contribution in [0.1, 0.15) is 31.6 Å². The Labute approximate surface area is 166 Å². The Morgan fingerprint density at radius 1 is 1.18 bits per heavy atom. The van der Waals surface area contributed by atoms with Gasteiger partial charge in [0, 0.05) is 57.8 Å². The molecule has 1 atom stereocenters. The van der Waals surface area contributed by atoms with Crippen molar-refractivity contribution in [3.05, 3.63) is 30.2 Å². The number of piperidine rings is 1. The summed E-state index contributed by atoms with van der Waals surface area (Å²) in [5, 5.41) is 3.18. The third-order valence-corrected chi connectivity index (χ3v) is 5.94. The molecule has 2 aliphatic heterocycles. The van der Waals surface area contributed by atoms with Crippen molar-refractivity contribution in [2.45, 2.75) is 31.7 Å². The van der Waals surface area contributed by atoms with E-state index in [-0.39, 0.29) is 12.1 Å². The van der Waals surface area contributed by atoms with E-state index in [1.54, 1.807) is 0 Å². The standard InChI is InChI=1S/C21H31N5O2/c1-16(15-25-13-11-24(2)12-14-25)22-21(27)26-9-7-17(8-10-26)20-23-18-5-3-4-6-19(18)28-20/h3-6,16-17H,7-15H2,1-2H3,(H,22,27). The number of likely N-dealkylation sites (tertiary alicyclic amines) is 1. The molecule has 0 aliphatic carbocycles. The number of aromatic nitrogens is 1. The molecule has 2 amide bonds. The summed E-state index contributed by atoms with van der Waals surface area (Å²) in [7, 11) is 2.16. The number of nitrogens with one attached hydrogen (secondary N) is 1. The van der Waals surface area contributed by atoms with E-state index in [1.165, 1.54) is 0 Å². The van der Waals surface area contributed by atoms with E-state index in [9.17, 15) is 4.79 Å². The Hall–Kier alpha value is -2.12. The molecule has 3 heterocycles. The van der Waals surface area contributed by atoms with Crippen molar-refractivity contribution in [1.82, 2.24) is 25.0 Å². The van der Waals surface area contributed by atoms with E-state index < -0.39 is 0 Å². The van der Waals surface area contributed by atoms with Crippen LogP contribution in [0.2, 0.25) is 0 Å². The number of piperazine rings is 1. The zero-order chi connectivity index (χ0) is 19.5. The highest BCUT2D eigenvalue weighted by Crippen LogP contribution is 2.29. The van der Waals surface area contributed by atoms with E-state index in [0.29, 0.717) is 5.92 Å². The van der Waals surface area contributed by atoms with Crippen molar-refractivity contribution < 1.29 is 9.21 Å². The van der Waals surface area contributed by atoms with E-state index in [0.717, 1.165) is 75.6 Å². The van der Waals surface area contributed by atoms with Crippen LogP contribution in [0.3, 0.4) is 0 Å². The van der Waals surface area contributed by atoms with E-state index in [2.05, 4.69) is 34.1 Å². The Bertz CT molecular complexity index is 758. The number of amides is 2. The van der Waals surface area contributed by atoms with Gasteiger partial charge < -0.3 is 19.5 Å². The van der Waals surface area contributed by atoms with Gasteiger partial charge in [-0.15, -0.1) is 0 Å². The molecule has 7 nitrogen and oxygen atoms in total. The summed E-state index contributed by atoms with van der Waals surface area (Å²) in [5.74, 6) is 1.10. The summed E-state index contributed by atoms with van der Waals surface area (Å²) >= 11 is 0. The second-order valence-corrected chi connectivity index (χ2v) is 8.24. The van der Waals surface area contributed by atoms with Gasteiger partial charge in [-0.2, -0.15) is 0 Å². The molecular weight excluding hydrogens is 354 g/mol. The maximum atomic E-state index is 12.6. The second-order valence-electron chi connectivity index (χ2n) is 8.24. The first kappa shape index (κ1) is 19.2. The average molecular weight is 386 g/mol. The van der Waals surface area contributed by atoms with Crippen LogP contribution in [0, 0.1) is 0 Å². The summed E-state index contributed by atoms with van der Waals surface area (Å²) in [4.78, 5) is 24.0. The molecule has 2 aromatic rings. The molecule has 28 heavy (non-hydrogen) atoms. The first-order chi connectivity index (χ1) is 13.6. The molecule has 4 rings (SSSR count). The minimum Gasteiger partial charge on any atom is -0.440 e. The smallest absolute Gasteiger partial charge is 0.317 e. The predicted molar refractivity (Wildman–Crippen MR) is 109 cm³/mol. The van der Waals surface area contributed by atoms with Gasteiger partial charge in [0.1, 0.15) is 5.52 Å². The number of rotatable bonds is 4. The molecule has 1 aromatic heterocycles. The molecule has 152 valence electrons. The first-order valence-corrected chi connectivity index (χ1v) is 10.4. The van der Waals surface area contributed by atoms with Gasteiger partial charge in [-0.1, -0.05) is 12.1 Å². The molecular formula is C21H31N5O2. The lowest BCUT2D eigenvalue weighted by atomic mass is 9.97. The molecule has 1 N–H and O–H groups in total. The number of urea groups is 1. The van der Waals surface area contributed by atoms with Crippen molar-refractivity contribution in [2.75, 3.05) is 52.9 Å². The number of hydrogen-bond acceptors (Lipinski definition) is 5. The predicted octanol–water partition coefficient (Wildman–Crippen LogP) is 2.35. The molecule has 0 bridgehead atoms. The molecule has 1 unspecified atom stereocenters. The molecule has 2 fully saturated rings. The lowest BCUT2D eigenvalue weighted by Crippen LogP contribution is -2.52. The topological polar surface area (TPSA) is 64.8 Å². The SMILES string of the molecule is CC(CN1CCN(C)CC1)NC(=O)N1CCC(c2nc3ccccc3o2)CC1. The Morgan fingerprint density at radius 2 is 1.89 bits per heavy atom. The summed E-state index contributed by atoms with van der Waals surface area (Å²) in [5.41, 5.74) is 1.76. The first-order valence-electron chi connectivity index (χ1n) is 10.4. The van der Waals surface area contributed by atoms with Crippen LogP contribution < -0.4 is 5.32 Å². The molecule has 0 spiro atoms. The fourth-order valence-electron chi connectivity index (χ4n) is 4.16. The van der Waals surface area contributed by atoms with Crippen molar-refractivity contribution in [3.8, 4) is 0 Å². The van der Waals surface area contributed by atoms with Gasteiger partial charge in [0.15, 0.2) is 11.5 Å². The number of para-hydroxylation sites is 2. The number of hydrogen-bond donors (Lipinski definition) is 1. The highest BCUT2D eigenvalue weighted by molar-refractivity contribution is 5.74. The number of fused-ring (bicyclic) bond motifs is 1. The van der Waals surface area contributed by atoms with E-state index in [1.807, 2.05) is 29.2 Å². The molecule has 7 heteroatoms. The third kappa shape index (κ3) is 4.47. The van der Waals surface area contributed by atoms with Crippen molar-refractivity contribution >= 4 is 17.1 Å². The molecule has 2 saturated heterocycles. The van der Waals surface area contributed by atoms with E-state index in [4.69, 9.17) is 4.42 Å². The number of carbonyl (C=O) groups is 1. The lowest BCUT2D eigenvalue weighted by Gasteiger charge is -2.35. The van der Waals surface area contributed by atoms with Gasteiger partial charge in [-0.3, -0.25) is 4.90 Å². The molecule has 0 saturated carbocycles. The van der Waals surface area contributed by atoms with E-state index >= 15 is 0 Å². The molecule has 0 radical (unpaired) electrons. The molecule has 1 aromatic carbocycles. The van der Waals surface area contributed by atoms with Crippen LogP contribution >= 0.6 is 0 Å². The zero-order valence-electron chi connectivity index (χ0n) is 16.9. The van der Waals surface area contributed by atoms with Crippen molar-refractivity contribution in [3.63, 3.8) is 0 Å². The summed E-state index contributed by atoms with van der Waals surface area (Å²) in [6.07, 6.45) is 1.79. The maximum Gasteiger partial charge on any atom is 0.317 e. The minimum absolute atomic E-state index is 0.0534. The number of carbonyl (C=O) groups excluding carboxylic acids is 1. The van der Waals surface area contributed by atoms with Crippen LogP contribution in [-0.2, 0) is 0 Å². The van der Waals surface area contributed by atoms with Gasteiger partial charge >= 0.3 is 6.03 Å². The maximum absolute atomic E-state index is 12.6. The molecule has 2 aliphatic rings. The number of benzene rings is 1. The summed E-state index contributed by atoms with van der Waals surface area (Å²) in [6, 6.07) is 8.09. The van der Waals surface area contributed by atoms with Crippen LogP contribution in [-0.4, -0.2) is 84.6 Å². The Balaban J connectivity index is 1.24. The van der Waals surface area contributed by atoms with Crippen LogP contribution in [0.25, 0.3) is 11.1 Å². The Morgan fingerprint density at radius 3 is 2.61 bits per heavy atom. The number of likely N-dealkylation sites (N-methyl/N-ethyl adjacent to an activating group) is 1. The van der Waals surface area contributed by atoms with Gasteiger partial charge in [-0.25, -0.2) is 9.78 Å². The fourth-order valence-corrected chi connectivity index (χ4v) is 4.16. The average Bonchev–Trinajstić information content (AvgIpc) is 3.14. The van der Waals surface area contributed by atoms with Gasteiger partial charge in [0.2, 0.25) is 0 Å². The Kier molecular flexibility index (Phi) is 5.82. The normalized spacial score (nSPS) is 21.1. The fraction of sp³-hybridized carbons (Fsp3) is 0.619. The van der Waals surface area contributed by atoms with Crippen LogP contribution in [0.5, 0.6) is 0 Å². The highest BCUT2D eigenvalue weighted by atomic mass is 16.3.